The van der Waals surface area contributed by atoms with E-state index >= 15 is 0 Å². The van der Waals surface area contributed by atoms with Crippen LogP contribution in [0.4, 0.5) is 10.1 Å². The van der Waals surface area contributed by atoms with Gasteiger partial charge in [0.25, 0.3) is 0 Å². The average molecular weight is 327 g/mol. The summed E-state index contributed by atoms with van der Waals surface area (Å²) in [5.74, 6) is -0.615. The van der Waals surface area contributed by atoms with Crippen LogP contribution in [0.3, 0.4) is 0 Å². The van der Waals surface area contributed by atoms with Crippen LogP contribution in [0, 0.1) is 5.82 Å². The Labute approximate surface area is 110 Å². The molecule has 1 amide bonds. The molecule has 0 aromatic heterocycles. The van der Waals surface area contributed by atoms with Crippen molar-refractivity contribution in [1.82, 2.24) is 0 Å². The lowest BCUT2D eigenvalue weighted by Gasteiger charge is -2.19. The highest BCUT2D eigenvalue weighted by molar-refractivity contribution is 9.10. The zero-order valence-corrected chi connectivity index (χ0v) is 11.1. The van der Waals surface area contributed by atoms with E-state index in [0.29, 0.717) is 18.7 Å². The first-order valence-corrected chi connectivity index (χ1v) is 6.28. The molecule has 0 aliphatic carbocycles. The van der Waals surface area contributed by atoms with Gasteiger partial charge in [0.1, 0.15) is 5.82 Å². The molecule has 1 aromatic carbocycles. The van der Waals surface area contributed by atoms with Gasteiger partial charge < -0.3 is 4.90 Å². The lowest BCUT2D eigenvalue weighted by atomic mass is 10.3. The number of alkyl halides is 1. The van der Waals surface area contributed by atoms with E-state index in [1.165, 1.54) is 4.90 Å². The zero-order valence-electron chi connectivity index (χ0n) is 8.01. The topological polar surface area (TPSA) is 20.3 Å². The highest BCUT2D eigenvalue weighted by atomic mass is 79.9. The van der Waals surface area contributed by atoms with Crippen molar-refractivity contribution >= 4 is 50.7 Å². The first-order valence-electron chi connectivity index (χ1n) is 4.60. The molecular weight excluding hydrogens is 320 g/mol. The molecule has 1 unspecified atom stereocenters. The minimum Gasteiger partial charge on any atom is -0.309 e. The summed E-state index contributed by atoms with van der Waals surface area (Å²) in [6.45, 7) is 0.528. The molecule has 16 heavy (non-hydrogen) atoms. The molecule has 1 fully saturated rings. The minimum absolute atomic E-state index is 0.101. The van der Waals surface area contributed by atoms with Crippen LogP contribution in [-0.2, 0) is 4.79 Å². The van der Waals surface area contributed by atoms with Gasteiger partial charge >= 0.3 is 0 Å². The number of carbonyl (C=O) groups excluding carboxylic acids is 1. The molecule has 86 valence electrons. The summed E-state index contributed by atoms with van der Waals surface area (Å²) in [4.78, 5) is 13.0. The van der Waals surface area contributed by atoms with Crippen molar-refractivity contribution in [2.75, 3.05) is 11.4 Å². The van der Waals surface area contributed by atoms with Crippen LogP contribution in [0.1, 0.15) is 6.42 Å². The van der Waals surface area contributed by atoms with Crippen molar-refractivity contribution in [3.63, 3.8) is 0 Å². The van der Waals surface area contributed by atoms with E-state index in [0.717, 1.165) is 12.1 Å². The number of amides is 1. The van der Waals surface area contributed by atoms with Gasteiger partial charge in [-0.3, -0.25) is 4.79 Å². The Kier molecular flexibility index (Phi) is 3.42. The molecule has 1 saturated heterocycles. The summed E-state index contributed by atoms with van der Waals surface area (Å²) >= 11 is 15.0. The molecule has 2 nitrogen and oxygen atoms in total. The van der Waals surface area contributed by atoms with Crippen LogP contribution >= 0.6 is 39.1 Å². The Morgan fingerprint density at radius 1 is 1.38 bits per heavy atom. The Hall–Kier alpha value is -0.320. The summed E-state index contributed by atoms with van der Waals surface area (Å²) in [7, 11) is 0. The number of halogens is 4. The molecule has 0 N–H and O–H groups in total. The third-order valence-electron chi connectivity index (χ3n) is 2.39. The zero-order chi connectivity index (χ0) is 11.9. The fourth-order valence-corrected chi connectivity index (χ4v) is 2.78. The van der Waals surface area contributed by atoms with Crippen LogP contribution in [0.25, 0.3) is 0 Å². The fraction of sp³-hybridized carbons (Fsp3) is 0.300. The number of carbonyl (C=O) groups is 1. The molecule has 1 aliphatic heterocycles. The number of nitrogens with zero attached hydrogens (tertiary/aromatic N) is 1. The highest BCUT2D eigenvalue weighted by Crippen LogP contribution is 2.37. The Morgan fingerprint density at radius 3 is 2.38 bits per heavy atom. The predicted octanol–water partition coefficient (Wildman–Crippen LogP) is 3.63. The van der Waals surface area contributed by atoms with Crippen molar-refractivity contribution in [3.8, 4) is 0 Å². The van der Waals surface area contributed by atoms with Crippen molar-refractivity contribution in [2.24, 2.45) is 0 Å². The molecule has 2 rings (SSSR count). The van der Waals surface area contributed by atoms with Gasteiger partial charge in [-0.05, 0) is 18.6 Å². The number of rotatable bonds is 1. The molecule has 6 heteroatoms. The molecule has 1 heterocycles. The second-order valence-electron chi connectivity index (χ2n) is 3.46. The smallest absolute Gasteiger partial charge is 0.240 e. The van der Waals surface area contributed by atoms with E-state index in [1.54, 1.807) is 0 Å². The van der Waals surface area contributed by atoms with Gasteiger partial charge in [-0.2, -0.15) is 0 Å². The van der Waals surface area contributed by atoms with Gasteiger partial charge in [-0.15, -0.1) is 0 Å². The van der Waals surface area contributed by atoms with Crippen molar-refractivity contribution < 1.29 is 9.18 Å². The first-order chi connectivity index (χ1) is 7.50. The monoisotopic (exact) mass is 325 g/mol. The molecular formula is C10H7BrCl2FNO. The molecule has 0 saturated carbocycles. The van der Waals surface area contributed by atoms with E-state index in [4.69, 9.17) is 23.2 Å². The largest absolute Gasteiger partial charge is 0.309 e. The molecule has 1 atom stereocenters. The van der Waals surface area contributed by atoms with Gasteiger partial charge in [-0.1, -0.05) is 39.1 Å². The normalized spacial score (nSPS) is 20.6. The van der Waals surface area contributed by atoms with E-state index in [2.05, 4.69) is 15.9 Å². The maximum Gasteiger partial charge on any atom is 0.240 e. The van der Waals surface area contributed by atoms with E-state index in [9.17, 15) is 9.18 Å². The maximum absolute atomic E-state index is 13.0. The summed E-state index contributed by atoms with van der Waals surface area (Å²) in [6.07, 6.45) is 0.683. The number of benzene rings is 1. The third kappa shape index (κ3) is 2.06. The number of hydrogen-bond donors (Lipinski definition) is 0. The van der Waals surface area contributed by atoms with Crippen molar-refractivity contribution in [2.45, 2.75) is 11.2 Å². The van der Waals surface area contributed by atoms with Crippen molar-refractivity contribution in [1.29, 1.82) is 0 Å². The number of hydrogen-bond acceptors (Lipinski definition) is 1. The lowest BCUT2D eigenvalue weighted by Crippen LogP contribution is -2.27. The van der Waals surface area contributed by atoms with Crippen molar-refractivity contribution in [3.05, 3.63) is 28.0 Å². The van der Waals surface area contributed by atoms with Crippen LogP contribution in [0.15, 0.2) is 12.1 Å². The quantitative estimate of drug-likeness (QED) is 0.722. The van der Waals surface area contributed by atoms with Gasteiger partial charge in [0.05, 0.1) is 20.6 Å². The molecule has 1 aliphatic rings. The molecule has 0 spiro atoms. The van der Waals surface area contributed by atoms with E-state index in [1.807, 2.05) is 0 Å². The average Bonchev–Trinajstić information content (AvgIpc) is 2.48. The summed E-state index contributed by atoms with van der Waals surface area (Å²) in [6, 6.07) is 2.30. The Bertz CT molecular complexity index is 431. The lowest BCUT2D eigenvalue weighted by molar-refractivity contribution is -0.116. The van der Waals surface area contributed by atoms with E-state index in [-0.39, 0.29) is 20.8 Å². The van der Waals surface area contributed by atoms with Crippen LogP contribution < -0.4 is 4.90 Å². The summed E-state index contributed by atoms with van der Waals surface area (Å²) < 4.78 is 13.0. The number of anilines is 1. The van der Waals surface area contributed by atoms with Gasteiger partial charge in [-0.25, -0.2) is 4.39 Å². The van der Waals surface area contributed by atoms with Crippen LogP contribution in [-0.4, -0.2) is 17.3 Å². The van der Waals surface area contributed by atoms with E-state index < -0.39 is 5.82 Å². The summed E-state index contributed by atoms with van der Waals surface area (Å²) in [5, 5.41) is 0.305. The fourth-order valence-electron chi connectivity index (χ4n) is 1.66. The molecule has 0 bridgehead atoms. The standard InChI is InChI=1S/C10H7BrCl2FNO/c11-6-1-2-15(10(6)16)9-7(12)3-5(14)4-8(9)13/h3-4,6H,1-2H2. The van der Waals surface area contributed by atoms with Gasteiger partial charge in [0, 0.05) is 6.54 Å². The van der Waals surface area contributed by atoms with Crippen LogP contribution in [0.2, 0.25) is 10.0 Å². The summed E-state index contributed by atoms with van der Waals surface area (Å²) in [5.41, 5.74) is 0.386. The Morgan fingerprint density at radius 2 is 1.94 bits per heavy atom. The van der Waals surface area contributed by atoms with Crippen LogP contribution in [0.5, 0.6) is 0 Å². The molecule has 0 radical (unpaired) electrons. The predicted molar refractivity (Wildman–Crippen MR) is 66.1 cm³/mol. The maximum atomic E-state index is 13.0. The molecule has 1 aromatic rings. The second kappa shape index (κ2) is 4.51. The SMILES string of the molecule is O=C1C(Br)CCN1c1c(Cl)cc(F)cc1Cl. The first kappa shape index (κ1) is 12.1. The highest BCUT2D eigenvalue weighted by Gasteiger charge is 2.32. The second-order valence-corrected chi connectivity index (χ2v) is 5.38. The third-order valence-corrected chi connectivity index (χ3v) is 3.82. The van der Waals surface area contributed by atoms with Gasteiger partial charge in [0.15, 0.2) is 0 Å². The van der Waals surface area contributed by atoms with Gasteiger partial charge in [0.2, 0.25) is 5.91 Å². The Balaban J connectivity index is 2.45. The minimum atomic E-state index is -0.513.